The quantitative estimate of drug-likeness (QED) is 0.798. The molecule has 8 nitrogen and oxygen atoms in total. The summed E-state index contributed by atoms with van der Waals surface area (Å²) in [5, 5.41) is 9.20. The molecule has 2 aliphatic rings. The van der Waals surface area contributed by atoms with Crippen LogP contribution in [0.15, 0.2) is 34.2 Å². The zero-order valence-corrected chi connectivity index (χ0v) is 13.8. The van der Waals surface area contributed by atoms with E-state index >= 15 is 0 Å². The van der Waals surface area contributed by atoms with Gasteiger partial charge in [0.25, 0.3) is 10.0 Å². The predicted octanol–water partition coefficient (Wildman–Crippen LogP) is 0.0483. The van der Waals surface area contributed by atoms with Crippen LogP contribution >= 0.6 is 0 Å². The molecule has 1 amide bonds. The van der Waals surface area contributed by atoms with Crippen molar-refractivity contribution < 1.29 is 23.1 Å². The van der Waals surface area contributed by atoms with E-state index in [1.54, 1.807) is 25.1 Å². The first-order valence-electron chi connectivity index (χ1n) is 7.41. The maximum Gasteiger partial charge on any atom is 0.311 e. The van der Waals surface area contributed by atoms with Gasteiger partial charge in [-0.2, -0.15) is 0 Å². The van der Waals surface area contributed by atoms with E-state index in [-0.39, 0.29) is 29.7 Å². The van der Waals surface area contributed by atoms with Gasteiger partial charge in [-0.05, 0) is 25.5 Å². The van der Waals surface area contributed by atoms with E-state index in [1.165, 1.54) is 11.0 Å². The van der Waals surface area contributed by atoms with Gasteiger partial charge >= 0.3 is 5.97 Å². The van der Waals surface area contributed by atoms with Crippen molar-refractivity contribution in [1.29, 1.82) is 0 Å². The Hall–Kier alpha value is -2.42. The number of aliphatic carboxylic acids is 1. The number of hydrogen-bond donors (Lipinski definition) is 2. The highest BCUT2D eigenvalue weighted by Crippen LogP contribution is 2.30. The van der Waals surface area contributed by atoms with Crippen LogP contribution in [0.2, 0.25) is 0 Å². The van der Waals surface area contributed by atoms with Gasteiger partial charge < -0.3 is 10.0 Å². The molecule has 1 fully saturated rings. The molecule has 1 aromatic carbocycles. The Balaban J connectivity index is 1.74. The summed E-state index contributed by atoms with van der Waals surface area (Å²) >= 11 is 0. The number of carbonyl (C=O) groups excluding carboxylic acids is 1. The Morgan fingerprint density at radius 2 is 2.08 bits per heavy atom. The third-order valence-corrected chi connectivity index (χ3v) is 5.77. The number of amides is 1. The lowest BCUT2D eigenvalue weighted by atomic mass is 9.90. The van der Waals surface area contributed by atoms with Crippen molar-refractivity contribution in [2.24, 2.45) is 10.4 Å². The second-order valence-corrected chi connectivity index (χ2v) is 7.85. The lowest BCUT2D eigenvalue weighted by molar-refractivity contribution is -0.147. The van der Waals surface area contributed by atoms with E-state index in [2.05, 4.69) is 9.71 Å². The molecule has 0 radical (unpaired) electrons. The molecule has 1 saturated heterocycles. The second kappa shape index (κ2) is 5.59. The summed E-state index contributed by atoms with van der Waals surface area (Å²) in [5.41, 5.74) is -0.508. The molecule has 0 aliphatic carbocycles. The zero-order valence-electron chi connectivity index (χ0n) is 13.0. The molecular formula is C15H17N3O5S. The Labute approximate surface area is 139 Å². The van der Waals surface area contributed by atoms with Crippen LogP contribution in [-0.4, -0.2) is 55.8 Å². The van der Waals surface area contributed by atoms with Crippen molar-refractivity contribution in [3.63, 3.8) is 0 Å². The van der Waals surface area contributed by atoms with Crippen molar-refractivity contribution in [1.82, 2.24) is 9.62 Å². The lowest BCUT2D eigenvalue weighted by Crippen LogP contribution is -2.36. The number of carbonyl (C=O) groups is 2. The van der Waals surface area contributed by atoms with Crippen molar-refractivity contribution in [3.8, 4) is 0 Å². The Bertz CT molecular complexity index is 848. The van der Waals surface area contributed by atoms with Gasteiger partial charge in [-0.25, -0.2) is 8.42 Å². The largest absolute Gasteiger partial charge is 0.481 e. The van der Waals surface area contributed by atoms with Gasteiger partial charge in [-0.1, -0.05) is 12.1 Å². The van der Waals surface area contributed by atoms with Crippen LogP contribution in [0.4, 0.5) is 0 Å². The number of rotatable bonds is 3. The summed E-state index contributed by atoms with van der Waals surface area (Å²) in [5.74, 6) is -1.11. The van der Waals surface area contributed by atoms with E-state index < -0.39 is 21.4 Å². The Kier molecular flexibility index (Phi) is 3.83. The molecule has 1 unspecified atom stereocenters. The topological polar surface area (TPSA) is 116 Å². The molecule has 0 bridgehead atoms. The van der Waals surface area contributed by atoms with E-state index in [1.807, 2.05) is 0 Å². The summed E-state index contributed by atoms with van der Waals surface area (Å²) in [6.45, 7) is 1.86. The molecule has 0 saturated carbocycles. The van der Waals surface area contributed by atoms with Crippen LogP contribution in [0.5, 0.6) is 0 Å². The Morgan fingerprint density at radius 3 is 2.75 bits per heavy atom. The first-order chi connectivity index (χ1) is 11.2. The first-order valence-corrected chi connectivity index (χ1v) is 8.89. The minimum Gasteiger partial charge on any atom is -0.481 e. The normalized spacial score (nSPS) is 26.2. The maximum atomic E-state index is 12.2. The number of aliphatic imine (C=N–C) groups is 1. The molecule has 0 aromatic heterocycles. The molecule has 3 rings (SSSR count). The smallest absolute Gasteiger partial charge is 0.311 e. The van der Waals surface area contributed by atoms with Gasteiger partial charge in [-0.3, -0.25) is 19.3 Å². The third-order valence-electron chi connectivity index (χ3n) is 4.38. The molecule has 0 spiro atoms. The number of fused-ring (bicyclic) bond motifs is 1. The average Bonchev–Trinajstić information content (AvgIpc) is 3.05. The predicted molar refractivity (Wildman–Crippen MR) is 85.1 cm³/mol. The molecule has 2 N–H and O–H groups in total. The van der Waals surface area contributed by atoms with E-state index in [9.17, 15) is 23.1 Å². The van der Waals surface area contributed by atoms with Crippen molar-refractivity contribution >= 4 is 27.7 Å². The highest BCUT2D eigenvalue weighted by atomic mass is 32.2. The monoisotopic (exact) mass is 351 g/mol. The van der Waals surface area contributed by atoms with Gasteiger partial charge in [0.2, 0.25) is 5.91 Å². The number of sulfonamides is 1. The number of amidine groups is 1. The number of carboxylic acid groups (broad SMARTS) is 1. The summed E-state index contributed by atoms with van der Waals surface area (Å²) < 4.78 is 26.3. The third kappa shape index (κ3) is 2.75. The van der Waals surface area contributed by atoms with Crippen LogP contribution in [-0.2, 0) is 19.6 Å². The molecule has 128 valence electrons. The number of hydrogen-bond acceptors (Lipinski definition) is 5. The molecule has 24 heavy (non-hydrogen) atoms. The molecule has 1 aromatic rings. The summed E-state index contributed by atoms with van der Waals surface area (Å²) in [6.07, 6.45) is 0.389. The molecule has 1 atom stereocenters. The fourth-order valence-corrected chi connectivity index (χ4v) is 4.10. The first kappa shape index (κ1) is 16.4. The van der Waals surface area contributed by atoms with Gasteiger partial charge in [-0.15, -0.1) is 0 Å². The van der Waals surface area contributed by atoms with Crippen molar-refractivity contribution in [3.05, 3.63) is 29.8 Å². The highest BCUT2D eigenvalue weighted by molar-refractivity contribution is 7.90. The van der Waals surface area contributed by atoms with Crippen LogP contribution in [0.25, 0.3) is 0 Å². The van der Waals surface area contributed by atoms with E-state index in [4.69, 9.17) is 0 Å². The van der Waals surface area contributed by atoms with Gasteiger partial charge in [0, 0.05) is 18.7 Å². The summed E-state index contributed by atoms with van der Waals surface area (Å²) in [4.78, 5) is 29.1. The number of benzene rings is 1. The van der Waals surface area contributed by atoms with Crippen LogP contribution in [0, 0.1) is 5.41 Å². The molecular weight excluding hydrogens is 334 g/mol. The fraction of sp³-hybridized carbons (Fsp3) is 0.400. The maximum absolute atomic E-state index is 12.2. The average molecular weight is 351 g/mol. The van der Waals surface area contributed by atoms with Crippen molar-refractivity contribution in [2.45, 2.75) is 18.2 Å². The fourth-order valence-electron chi connectivity index (χ4n) is 2.85. The van der Waals surface area contributed by atoms with E-state index in [0.29, 0.717) is 18.5 Å². The molecule has 2 heterocycles. The SMILES string of the molecule is CC1(C(=O)O)CCN(C(=O)CN=C2NS(=O)(=O)c3ccccc32)C1. The molecule has 2 aliphatic heterocycles. The van der Waals surface area contributed by atoms with E-state index in [0.717, 1.165) is 0 Å². The minimum atomic E-state index is -3.63. The second-order valence-electron chi connectivity index (χ2n) is 6.20. The number of likely N-dealkylation sites (tertiary alicyclic amines) is 1. The van der Waals surface area contributed by atoms with Crippen LogP contribution in [0.3, 0.4) is 0 Å². The lowest BCUT2D eigenvalue weighted by Gasteiger charge is -2.19. The van der Waals surface area contributed by atoms with Crippen LogP contribution in [0.1, 0.15) is 18.9 Å². The van der Waals surface area contributed by atoms with Gasteiger partial charge in [0.1, 0.15) is 12.4 Å². The van der Waals surface area contributed by atoms with Crippen LogP contribution < -0.4 is 4.72 Å². The summed E-state index contributed by atoms with van der Waals surface area (Å²) in [7, 11) is -3.63. The van der Waals surface area contributed by atoms with Gasteiger partial charge in [0.15, 0.2) is 0 Å². The number of carboxylic acids is 1. The number of nitrogens with zero attached hydrogens (tertiary/aromatic N) is 2. The number of nitrogens with one attached hydrogen (secondary N) is 1. The van der Waals surface area contributed by atoms with Crippen molar-refractivity contribution in [2.75, 3.05) is 19.6 Å². The zero-order chi connectivity index (χ0) is 17.5. The molecule has 9 heteroatoms. The minimum absolute atomic E-state index is 0.133. The van der Waals surface area contributed by atoms with Gasteiger partial charge in [0.05, 0.1) is 10.3 Å². The summed E-state index contributed by atoms with van der Waals surface area (Å²) in [6, 6.07) is 6.40. The Morgan fingerprint density at radius 1 is 1.38 bits per heavy atom. The highest BCUT2D eigenvalue weighted by Gasteiger charge is 2.42. The standard InChI is InChI=1S/C15H17N3O5S/c1-15(14(20)21)6-7-18(9-15)12(19)8-16-13-10-4-2-3-5-11(10)24(22,23)17-13/h2-5H,6-9H2,1H3,(H,16,17)(H,20,21).